The van der Waals surface area contributed by atoms with Crippen LogP contribution in [0.1, 0.15) is 43.9 Å². The Labute approximate surface area is 116 Å². The van der Waals surface area contributed by atoms with Crippen molar-refractivity contribution in [2.24, 2.45) is 5.92 Å². The minimum absolute atomic E-state index is 0.622. The highest BCUT2D eigenvalue weighted by molar-refractivity contribution is 7.11. The van der Waals surface area contributed by atoms with E-state index in [4.69, 9.17) is 0 Å². The Balaban J connectivity index is 2.59. The van der Waals surface area contributed by atoms with Crippen LogP contribution in [0.2, 0.25) is 0 Å². The lowest BCUT2D eigenvalue weighted by Gasteiger charge is -2.29. The first-order chi connectivity index (χ1) is 8.26. The molecule has 0 aliphatic carbocycles. The summed E-state index contributed by atoms with van der Waals surface area (Å²) in [6.45, 7) is 13.1. The third-order valence-corrected chi connectivity index (χ3v) is 3.79. The van der Waals surface area contributed by atoms with Crippen molar-refractivity contribution in [3.8, 4) is 0 Å². The van der Waals surface area contributed by atoms with Crippen LogP contribution < -0.4 is 0 Å². The summed E-state index contributed by atoms with van der Waals surface area (Å²) in [7, 11) is 0. The van der Waals surface area contributed by atoms with Gasteiger partial charge in [0.2, 0.25) is 0 Å². The van der Waals surface area contributed by atoms with Crippen molar-refractivity contribution in [1.82, 2.24) is 4.90 Å². The van der Waals surface area contributed by atoms with Gasteiger partial charge in [0.1, 0.15) is 0 Å². The van der Waals surface area contributed by atoms with Gasteiger partial charge in [-0.05, 0) is 51.8 Å². The van der Waals surface area contributed by atoms with Crippen LogP contribution in [0, 0.1) is 12.8 Å². The summed E-state index contributed by atoms with van der Waals surface area (Å²) in [5.41, 5.74) is -0.622. The van der Waals surface area contributed by atoms with E-state index in [0.29, 0.717) is 5.92 Å². The fourth-order valence-corrected chi connectivity index (χ4v) is 2.93. The Kier molecular flexibility index (Phi) is 5.83. The summed E-state index contributed by atoms with van der Waals surface area (Å²) < 4.78 is 0. The molecule has 0 aromatic carbocycles. The quantitative estimate of drug-likeness (QED) is 0.816. The maximum absolute atomic E-state index is 10.00. The van der Waals surface area contributed by atoms with Crippen LogP contribution in [-0.2, 0) is 6.54 Å². The van der Waals surface area contributed by atoms with E-state index in [-0.39, 0.29) is 0 Å². The van der Waals surface area contributed by atoms with E-state index in [1.165, 1.54) is 16.2 Å². The number of hydrogen-bond acceptors (Lipinski definition) is 3. The monoisotopic (exact) mass is 269 g/mol. The zero-order chi connectivity index (χ0) is 13.8. The predicted molar refractivity (Wildman–Crippen MR) is 80.1 cm³/mol. The van der Waals surface area contributed by atoms with Gasteiger partial charge < -0.3 is 5.11 Å². The zero-order valence-corrected chi connectivity index (χ0v) is 13.2. The van der Waals surface area contributed by atoms with Crippen LogP contribution in [0.25, 0.3) is 0 Å². The van der Waals surface area contributed by atoms with E-state index in [1.54, 1.807) is 0 Å². The van der Waals surface area contributed by atoms with Crippen molar-refractivity contribution in [2.45, 2.75) is 53.2 Å². The lowest BCUT2D eigenvalue weighted by atomic mass is 10.1. The maximum atomic E-state index is 10.00. The molecule has 0 saturated heterocycles. The SMILES string of the molecule is Cc1ccc(CN(CCC(C)C)CC(C)(C)O)s1. The average Bonchev–Trinajstić information content (AvgIpc) is 2.58. The third kappa shape index (κ3) is 6.53. The lowest BCUT2D eigenvalue weighted by molar-refractivity contribution is 0.0323. The fourth-order valence-electron chi connectivity index (χ4n) is 1.99. The van der Waals surface area contributed by atoms with Crippen LogP contribution in [0.4, 0.5) is 0 Å². The smallest absolute Gasteiger partial charge is 0.0718 e. The molecule has 1 N–H and O–H groups in total. The third-order valence-electron chi connectivity index (χ3n) is 2.81. The Bertz CT molecular complexity index is 352. The summed E-state index contributed by atoms with van der Waals surface area (Å²) >= 11 is 1.85. The summed E-state index contributed by atoms with van der Waals surface area (Å²) in [6, 6.07) is 4.37. The van der Waals surface area contributed by atoms with Gasteiger partial charge in [-0.25, -0.2) is 0 Å². The van der Waals surface area contributed by atoms with Crippen molar-refractivity contribution in [3.05, 3.63) is 21.9 Å². The second kappa shape index (κ2) is 6.69. The first-order valence-corrected chi connectivity index (χ1v) is 7.58. The van der Waals surface area contributed by atoms with Gasteiger partial charge in [0.15, 0.2) is 0 Å². The van der Waals surface area contributed by atoms with Crippen molar-refractivity contribution in [3.63, 3.8) is 0 Å². The molecule has 1 aromatic rings. The number of rotatable bonds is 7. The van der Waals surface area contributed by atoms with Gasteiger partial charge in [-0.1, -0.05) is 13.8 Å². The van der Waals surface area contributed by atoms with Crippen LogP contribution in [0.5, 0.6) is 0 Å². The highest BCUT2D eigenvalue weighted by Crippen LogP contribution is 2.19. The Morgan fingerprint density at radius 2 is 2.00 bits per heavy atom. The highest BCUT2D eigenvalue weighted by atomic mass is 32.1. The molecule has 18 heavy (non-hydrogen) atoms. The lowest BCUT2D eigenvalue weighted by Crippen LogP contribution is -2.38. The number of thiophene rings is 1. The molecule has 0 radical (unpaired) electrons. The number of hydrogen-bond donors (Lipinski definition) is 1. The second-order valence-corrected chi connectivity index (χ2v) is 7.59. The molecule has 0 atom stereocenters. The molecule has 1 rings (SSSR count). The molecule has 2 nitrogen and oxygen atoms in total. The molecule has 3 heteroatoms. The molecule has 0 bridgehead atoms. The van der Waals surface area contributed by atoms with Crippen LogP contribution in [0.15, 0.2) is 12.1 Å². The Hall–Kier alpha value is -0.380. The highest BCUT2D eigenvalue weighted by Gasteiger charge is 2.19. The Morgan fingerprint density at radius 3 is 2.44 bits per heavy atom. The molecule has 0 aliphatic rings. The summed E-state index contributed by atoms with van der Waals surface area (Å²) in [5, 5.41) is 10.00. The number of nitrogens with zero attached hydrogens (tertiary/aromatic N) is 1. The van der Waals surface area contributed by atoms with Crippen molar-refractivity contribution >= 4 is 11.3 Å². The van der Waals surface area contributed by atoms with E-state index in [9.17, 15) is 5.11 Å². The molecule has 1 heterocycles. The minimum Gasteiger partial charge on any atom is -0.389 e. The van der Waals surface area contributed by atoms with Gasteiger partial charge in [-0.2, -0.15) is 0 Å². The molecule has 0 unspecified atom stereocenters. The molecule has 0 aliphatic heterocycles. The van der Waals surface area contributed by atoms with E-state index in [1.807, 2.05) is 25.2 Å². The van der Waals surface area contributed by atoms with E-state index >= 15 is 0 Å². The predicted octanol–water partition coefficient (Wildman–Crippen LogP) is 3.68. The van der Waals surface area contributed by atoms with Crippen molar-refractivity contribution in [2.75, 3.05) is 13.1 Å². The molecule has 0 fully saturated rings. The normalized spacial score (nSPS) is 12.7. The largest absolute Gasteiger partial charge is 0.389 e. The minimum atomic E-state index is -0.622. The van der Waals surface area contributed by atoms with Gasteiger partial charge in [0, 0.05) is 22.8 Å². The molecule has 1 aromatic heterocycles. The average molecular weight is 269 g/mol. The molecule has 0 amide bonds. The number of aryl methyl sites for hydroxylation is 1. The first kappa shape index (κ1) is 15.7. The first-order valence-electron chi connectivity index (χ1n) is 6.76. The van der Waals surface area contributed by atoms with Crippen LogP contribution in [-0.4, -0.2) is 28.7 Å². The van der Waals surface area contributed by atoms with Gasteiger partial charge in [0.25, 0.3) is 0 Å². The molecule has 0 saturated carbocycles. The summed E-state index contributed by atoms with van der Waals surface area (Å²) in [5.74, 6) is 0.708. The standard InChI is InChI=1S/C15H27NOS/c1-12(2)8-9-16(11-15(4,5)17)10-14-7-6-13(3)18-14/h6-7,12,17H,8-11H2,1-5H3. The fraction of sp³-hybridized carbons (Fsp3) is 0.733. The number of aliphatic hydroxyl groups is 1. The van der Waals surface area contributed by atoms with E-state index in [0.717, 1.165) is 19.6 Å². The van der Waals surface area contributed by atoms with Gasteiger partial charge >= 0.3 is 0 Å². The topological polar surface area (TPSA) is 23.5 Å². The zero-order valence-electron chi connectivity index (χ0n) is 12.4. The van der Waals surface area contributed by atoms with Crippen LogP contribution >= 0.6 is 11.3 Å². The Morgan fingerprint density at radius 1 is 1.33 bits per heavy atom. The van der Waals surface area contributed by atoms with Gasteiger partial charge in [0.05, 0.1) is 5.60 Å². The van der Waals surface area contributed by atoms with E-state index in [2.05, 4.69) is 37.8 Å². The maximum Gasteiger partial charge on any atom is 0.0718 e. The van der Waals surface area contributed by atoms with Gasteiger partial charge in [-0.3, -0.25) is 4.90 Å². The summed E-state index contributed by atoms with van der Waals surface area (Å²) in [4.78, 5) is 5.11. The van der Waals surface area contributed by atoms with Gasteiger partial charge in [-0.15, -0.1) is 11.3 Å². The van der Waals surface area contributed by atoms with Crippen molar-refractivity contribution in [1.29, 1.82) is 0 Å². The van der Waals surface area contributed by atoms with Crippen LogP contribution in [0.3, 0.4) is 0 Å². The summed E-state index contributed by atoms with van der Waals surface area (Å²) in [6.07, 6.45) is 1.18. The van der Waals surface area contributed by atoms with Crippen molar-refractivity contribution < 1.29 is 5.11 Å². The second-order valence-electron chi connectivity index (χ2n) is 6.22. The molecule has 104 valence electrons. The molecular weight excluding hydrogens is 242 g/mol. The molecule has 0 spiro atoms. The molecular formula is C15H27NOS. The van der Waals surface area contributed by atoms with E-state index < -0.39 is 5.60 Å².